The van der Waals surface area contributed by atoms with Gasteiger partial charge in [-0.25, -0.2) is 13.2 Å². The summed E-state index contributed by atoms with van der Waals surface area (Å²) in [6.45, 7) is 6.65. The Kier molecular flexibility index (Phi) is 7.42. The quantitative estimate of drug-likeness (QED) is 0.501. The molecule has 0 aliphatic rings. The molecule has 0 amide bonds. The molecule has 2 rings (SSSR count). The first kappa shape index (κ1) is 21.0. The van der Waals surface area contributed by atoms with E-state index in [4.69, 9.17) is 4.74 Å². The van der Waals surface area contributed by atoms with E-state index in [1.807, 2.05) is 19.1 Å². The lowest BCUT2D eigenvalue weighted by Gasteiger charge is -2.10. The van der Waals surface area contributed by atoms with E-state index in [0.717, 1.165) is 24.8 Å². The molecular formula is C21H27NO4S. The molecule has 0 unspecified atom stereocenters. The summed E-state index contributed by atoms with van der Waals surface area (Å²) in [5, 5.41) is 0. The van der Waals surface area contributed by atoms with Crippen molar-refractivity contribution in [3.8, 4) is 0 Å². The molecule has 0 bridgehead atoms. The number of unbranched alkanes of at least 4 members (excludes halogenated alkanes) is 1. The molecule has 0 aromatic heterocycles. The average Bonchev–Trinajstić information content (AvgIpc) is 2.62. The standard InChI is InChI=1S/C21H27NO4S/c1-4-5-14-26-21(23)18-8-10-19(11-9-18)22-27(24,25)20-12-6-17(7-13-20)15-16(2)3/h6-13,16,22H,4-5,14-15H2,1-3H3. The topological polar surface area (TPSA) is 72.5 Å². The number of anilines is 1. The number of esters is 1. The zero-order chi connectivity index (χ0) is 19.9. The number of ether oxygens (including phenoxy) is 1. The molecular weight excluding hydrogens is 362 g/mol. The molecule has 0 saturated carbocycles. The van der Waals surface area contributed by atoms with Crippen LogP contribution in [-0.2, 0) is 21.2 Å². The molecule has 27 heavy (non-hydrogen) atoms. The molecule has 5 nitrogen and oxygen atoms in total. The fraction of sp³-hybridized carbons (Fsp3) is 0.381. The van der Waals surface area contributed by atoms with Crippen LogP contribution in [0.15, 0.2) is 53.4 Å². The molecule has 0 aliphatic heterocycles. The van der Waals surface area contributed by atoms with Gasteiger partial charge in [-0.05, 0) is 60.7 Å². The number of rotatable bonds is 9. The number of carbonyl (C=O) groups excluding carboxylic acids is 1. The molecule has 0 aliphatic carbocycles. The molecule has 146 valence electrons. The average molecular weight is 390 g/mol. The molecule has 0 atom stereocenters. The molecule has 2 aromatic rings. The van der Waals surface area contributed by atoms with Gasteiger partial charge in [-0.1, -0.05) is 39.3 Å². The zero-order valence-corrected chi connectivity index (χ0v) is 16.9. The largest absolute Gasteiger partial charge is 0.462 e. The number of nitrogens with one attached hydrogen (secondary N) is 1. The summed E-state index contributed by atoms with van der Waals surface area (Å²) >= 11 is 0. The highest BCUT2D eigenvalue weighted by atomic mass is 32.2. The highest BCUT2D eigenvalue weighted by Gasteiger charge is 2.15. The van der Waals surface area contributed by atoms with Crippen LogP contribution in [0.4, 0.5) is 5.69 Å². The minimum atomic E-state index is -3.68. The van der Waals surface area contributed by atoms with Gasteiger partial charge in [-0.3, -0.25) is 4.72 Å². The van der Waals surface area contributed by atoms with Crippen molar-refractivity contribution in [2.75, 3.05) is 11.3 Å². The Hall–Kier alpha value is -2.34. The van der Waals surface area contributed by atoms with Crippen molar-refractivity contribution in [1.82, 2.24) is 0 Å². The maximum absolute atomic E-state index is 12.5. The highest BCUT2D eigenvalue weighted by molar-refractivity contribution is 7.92. The van der Waals surface area contributed by atoms with Gasteiger partial charge in [0.15, 0.2) is 0 Å². The summed E-state index contributed by atoms with van der Waals surface area (Å²) in [5.74, 6) is 0.108. The van der Waals surface area contributed by atoms with E-state index in [9.17, 15) is 13.2 Å². The van der Waals surface area contributed by atoms with Crippen molar-refractivity contribution >= 4 is 21.7 Å². The molecule has 6 heteroatoms. The molecule has 2 aromatic carbocycles. The Morgan fingerprint density at radius 3 is 2.22 bits per heavy atom. The van der Waals surface area contributed by atoms with Gasteiger partial charge < -0.3 is 4.74 Å². The van der Waals surface area contributed by atoms with Gasteiger partial charge in [0.2, 0.25) is 0 Å². The van der Waals surface area contributed by atoms with Crippen molar-refractivity contribution in [2.45, 2.75) is 44.9 Å². The summed E-state index contributed by atoms with van der Waals surface area (Å²) < 4.78 is 32.7. The number of benzene rings is 2. The summed E-state index contributed by atoms with van der Waals surface area (Å²) in [6.07, 6.45) is 2.68. The number of sulfonamides is 1. The predicted molar refractivity (Wildman–Crippen MR) is 107 cm³/mol. The van der Waals surface area contributed by atoms with Gasteiger partial charge in [0.05, 0.1) is 17.1 Å². The second-order valence-electron chi connectivity index (χ2n) is 6.91. The SMILES string of the molecule is CCCCOC(=O)c1ccc(NS(=O)(=O)c2ccc(CC(C)C)cc2)cc1. The zero-order valence-electron chi connectivity index (χ0n) is 16.1. The van der Waals surface area contributed by atoms with E-state index in [1.165, 1.54) is 0 Å². The van der Waals surface area contributed by atoms with Crippen LogP contribution in [0.25, 0.3) is 0 Å². The van der Waals surface area contributed by atoms with Crippen LogP contribution >= 0.6 is 0 Å². The molecule has 1 N–H and O–H groups in total. The Morgan fingerprint density at radius 1 is 1.04 bits per heavy atom. The second-order valence-corrected chi connectivity index (χ2v) is 8.60. The van der Waals surface area contributed by atoms with Gasteiger partial charge >= 0.3 is 5.97 Å². The molecule has 0 spiro atoms. The monoisotopic (exact) mass is 389 g/mol. The van der Waals surface area contributed by atoms with Gasteiger partial charge in [-0.15, -0.1) is 0 Å². The Bertz CT molecular complexity index is 841. The smallest absolute Gasteiger partial charge is 0.338 e. The van der Waals surface area contributed by atoms with Crippen molar-refractivity contribution in [2.24, 2.45) is 5.92 Å². The van der Waals surface area contributed by atoms with Gasteiger partial charge in [0, 0.05) is 5.69 Å². The molecule has 0 saturated heterocycles. The molecule has 0 radical (unpaired) electrons. The van der Waals surface area contributed by atoms with Gasteiger partial charge in [0.25, 0.3) is 10.0 Å². The summed E-state index contributed by atoms with van der Waals surface area (Å²) in [5.41, 5.74) is 1.90. The van der Waals surface area contributed by atoms with E-state index >= 15 is 0 Å². The summed E-state index contributed by atoms with van der Waals surface area (Å²) in [4.78, 5) is 12.1. The first-order chi connectivity index (χ1) is 12.8. The Labute approximate surface area is 161 Å². The minimum absolute atomic E-state index is 0.207. The van der Waals surface area contributed by atoms with Crippen LogP contribution in [0, 0.1) is 5.92 Å². The summed E-state index contributed by atoms with van der Waals surface area (Å²) in [6, 6.07) is 13.1. The maximum atomic E-state index is 12.5. The number of carbonyl (C=O) groups is 1. The van der Waals surface area contributed by atoms with E-state index in [0.29, 0.717) is 23.8 Å². The van der Waals surface area contributed by atoms with Crippen LogP contribution in [0.2, 0.25) is 0 Å². The fourth-order valence-electron chi connectivity index (χ4n) is 2.56. The van der Waals surface area contributed by atoms with Crippen molar-refractivity contribution in [1.29, 1.82) is 0 Å². The van der Waals surface area contributed by atoms with Crippen LogP contribution in [0.3, 0.4) is 0 Å². The lowest BCUT2D eigenvalue weighted by molar-refractivity contribution is 0.0500. The molecule has 0 heterocycles. The lowest BCUT2D eigenvalue weighted by Crippen LogP contribution is -2.13. The van der Waals surface area contributed by atoms with Crippen molar-refractivity contribution < 1.29 is 17.9 Å². The highest BCUT2D eigenvalue weighted by Crippen LogP contribution is 2.18. The predicted octanol–water partition coefficient (Wildman–Crippen LogP) is 4.64. The first-order valence-electron chi connectivity index (χ1n) is 9.20. The van der Waals surface area contributed by atoms with Crippen LogP contribution in [0.5, 0.6) is 0 Å². The first-order valence-corrected chi connectivity index (χ1v) is 10.7. The molecule has 0 fully saturated rings. The lowest BCUT2D eigenvalue weighted by atomic mass is 10.0. The van der Waals surface area contributed by atoms with Gasteiger partial charge in [0.1, 0.15) is 0 Å². The van der Waals surface area contributed by atoms with Gasteiger partial charge in [-0.2, -0.15) is 0 Å². The van der Waals surface area contributed by atoms with Crippen LogP contribution in [0.1, 0.15) is 49.5 Å². The van der Waals surface area contributed by atoms with E-state index in [2.05, 4.69) is 18.6 Å². The van der Waals surface area contributed by atoms with E-state index in [1.54, 1.807) is 36.4 Å². The third kappa shape index (κ3) is 6.40. The number of hydrogen-bond acceptors (Lipinski definition) is 4. The fourth-order valence-corrected chi connectivity index (χ4v) is 3.62. The van der Waals surface area contributed by atoms with Crippen molar-refractivity contribution in [3.05, 3.63) is 59.7 Å². The number of hydrogen-bond donors (Lipinski definition) is 1. The Morgan fingerprint density at radius 2 is 1.67 bits per heavy atom. The van der Waals surface area contributed by atoms with Crippen LogP contribution in [-0.4, -0.2) is 21.0 Å². The van der Waals surface area contributed by atoms with Crippen molar-refractivity contribution in [3.63, 3.8) is 0 Å². The minimum Gasteiger partial charge on any atom is -0.462 e. The van der Waals surface area contributed by atoms with E-state index in [-0.39, 0.29) is 4.90 Å². The van der Waals surface area contributed by atoms with Crippen LogP contribution < -0.4 is 4.72 Å². The Balaban J connectivity index is 2.03. The van der Waals surface area contributed by atoms with E-state index < -0.39 is 16.0 Å². The summed E-state index contributed by atoms with van der Waals surface area (Å²) in [7, 11) is -3.68. The normalized spacial score (nSPS) is 11.4. The third-order valence-corrected chi connectivity index (χ3v) is 5.38. The third-order valence-electron chi connectivity index (χ3n) is 3.98. The maximum Gasteiger partial charge on any atom is 0.338 e. The second kappa shape index (κ2) is 9.55.